The highest BCUT2D eigenvalue weighted by Crippen LogP contribution is 2.26. The van der Waals surface area contributed by atoms with Crippen LogP contribution in [0.5, 0.6) is 0 Å². The normalized spacial score (nSPS) is 28.4. The zero-order chi connectivity index (χ0) is 14.1. The summed E-state index contributed by atoms with van der Waals surface area (Å²) in [7, 11) is 0. The van der Waals surface area contributed by atoms with Gasteiger partial charge in [-0.3, -0.25) is 4.90 Å². The van der Waals surface area contributed by atoms with Gasteiger partial charge in [0.1, 0.15) is 0 Å². The molecule has 3 nitrogen and oxygen atoms in total. The predicted molar refractivity (Wildman–Crippen MR) is 82.5 cm³/mol. The molecule has 1 aromatic rings. The number of halogens is 2. The van der Waals surface area contributed by atoms with Crippen molar-refractivity contribution in [3.63, 3.8) is 0 Å². The topological polar surface area (TPSA) is 38.5 Å². The summed E-state index contributed by atoms with van der Waals surface area (Å²) in [6.07, 6.45) is 3.35. The Bertz CT molecular complexity index is 483. The first-order valence-electron chi connectivity index (χ1n) is 7.18. The second-order valence-corrected chi connectivity index (χ2v) is 6.61. The molecule has 1 aromatic carbocycles. The van der Waals surface area contributed by atoms with E-state index in [-0.39, 0.29) is 12.1 Å². The van der Waals surface area contributed by atoms with Crippen LogP contribution in [0.15, 0.2) is 18.2 Å². The highest BCUT2D eigenvalue weighted by atomic mass is 35.5. The molecule has 2 fully saturated rings. The van der Waals surface area contributed by atoms with E-state index in [0.717, 1.165) is 25.1 Å². The third kappa shape index (κ3) is 3.12. The van der Waals surface area contributed by atoms with Gasteiger partial charge in [0.05, 0.1) is 12.7 Å². The van der Waals surface area contributed by atoms with E-state index >= 15 is 0 Å². The van der Waals surface area contributed by atoms with Crippen LogP contribution in [-0.4, -0.2) is 42.8 Å². The summed E-state index contributed by atoms with van der Waals surface area (Å²) >= 11 is 12.1. The predicted octanol–water partition coefficient (Wildman–Crippen LogP) is 2.73. The monoisotopic (exact) mass is 314 g/mol. The Hall–Kier alpha value is -0.320. The summed E-state index contributed by atoms with van der Waals surface area (Å²) in [5.41, 5.74) is 7.36. The molecular weight excluding hydrogens is 295 g/mol. The molecule has 3 unspecified atom stereocenters. The molecular formula is C15H20Cl2N2O. The van der Waals surface area contributed by atoms with Gasteiger partial charge in [0.25, 0.3) is 0 Å². The number of ether oxygens (including phenoxy) is 1. The lowest BCUT2D eigenvalue weighted by molar-refractivity contribution is -0.0589. The number of rotatable bonds is 3. The first-order chi connectivity index (χ1) is 9.63. The standard InChI is InChI=1S/C15H20Cl2N2O/c16-11-4-3-10(13(17)7-11)6-14(18)15-8-19-5-1-2-12(19)9-20-15/h3-4,7,12,14-15H,1-2,5-6,8-9,18H2. The van der Waals surface area contributed by atoms with Gasteiger partial charge in [-0.05, 0) is 43.5 Å². The van der Waals surface area contributed by atoms with Crippen molar-refractivity contribution in [3.8, 4) is 0 Å². The van der Waals surface area contributed by atoms with Crippen LogP contribution in [0.3, 0.4) is 0 Å². The number of nitrogens with two attached hydrogens (primary N) is 1. The van der Waals surface area contributed by atoms with Crippen molar-refractivity contribution < 1.29 is 4.74 Å². The Morgan fingerprint density at radius 2 is 2.25 bits per heavy atom. The number of hydrogen-bond acceptors (Lipinski definition) is 3. The van der Waals surface area contributed by atoms with E-state index in [0.29, 0.717) is 16.1 Å². The fourth-order valence-corrected chi connectivity index (χ4v) is 3.66. The van der Waals surface area contributed by atoms with Crippen LogP contribution in [0.2, 0.25) is 10.0 Å². The van der Waals surface area contributed by atoms with Gasteiger partial charge in [0.2, 0.25) is 0 Å². The van der Waals surface area contributed by atoms with Crippen LogP contribution in [0.25, 0.3) is 0 Å². The largest absolute Gasteiger partial charge is 0.374 e. The Kier molecular flexibility index (Phi) is 4.53. The molecule has 0 radical (unpaired) electrons. The van der Waals surface area contributed by atoms with Gasteiger partial charge in [0, 0.05) is 28.7 Å². The quantitative estimate of drug-likeness (QED) is 0.932. The van der Waals surface area contributed by atoms with Crippen molar-refractivity contribution in [1.29, 1.82) is 0 Å². The smallest absolute Gasteiger partial charge is 0.0856 e. The molecule has 2 saturated heterocycles. The van der Waals surface area contributed by atoms with Gasteiger partial charge in [-0.1, -0.05) is 29.3 Å². The Morgan fingerprint density at radius 1 is 1.40 bits per heavy atom. The van der Waals surface area contributed by atoms with Gasteiger partial charge in [-0.2, -0.15) is 0 Å². The van der Waals surface area contributed by atoms with Crippen molar-refractivity contribution in [2.75, 3.05) is 19.7 Å². The lowest BCUT2D eigenvalue weighted by Gasteiger charge is -2.37. The van der Waals surface area contributed by atoms with Crippen LogP contribution < -0.4 is 5.73 Å². The van der Waals surface area contributed by atoms with Crippen molar-refractivity contribution >= 4 is 23.2 Å². The average molecular weight is 315 g/mol. The van der Waals surface area contributed by atoms with Crippen molar-refractivity contribution in [2.45, 2.75) is 37.5 Å². The number of benzene rings is 1. The molecule has 0 aromatic heterocycles. The summed E-state index contributed by atoms with van der Waals surface area (Å²) in [6, 6.07) is 6.15. The van der Waals surface area contributed by atoms with Crippen molar-refractivity contribution in [1.82, 2.24) is 4.90 Å². The lowest BCUT2D eigenvalue weighted by Crippen LogP contribution is -2.53. The molecule has 2 aliphatic heterocycles. The number of fused-ring (bicyclic) bond motifs is 1. The summed E-state index contributed by atoms with van der Waals surface area (Å²) in [6.45, 7) is 2.93. The molecule has 0 aliphatic carbocycles. The summed E-state index contributed by atoms with van der Waals surface area (Å²) in [5, 5.41) is 1.34. The first kappa shape index (κ1) is 14.6. The molecule has 0 spiro atoms. The maximum Gasteiger partial charge on any atom is 0.0856 e. The average Bonchev–Trinajstić information content (AvgIpc) is 2.89. The molecule has 0 amide bonds. The molecule has 0 bridgehead atoms. The molecule has 110 valence electrons. The SMILES string of the molecule is NC(Cc1ccc(Cl)cc1Cl)C1CN2CCCC2CO1. The van der Waals surface area contributed by atoms with Gasteiger partial charge in [0.15, 0.2) is 0 Å². The second kappa shape index (κ2) is 6.20. The molecule has 3 rings (SSSR count). The van der Waals surface area contributed by atoms with Gasteiger partial charge >= 0.3 is 0 Å². The fraction of sp³-hybridized carbons (Fsp3) is 0.600. The highest BCUT2D eigenvalue weighted by Gasteiger charge is 2.34. The zero-order valence-electron chi connectivity index (χ0n) is 11.4. The summed E-state index contributed by atoms with van der Waals surface area (Å²) in [4.78, 5) is 2.51. The van der Waals surface area contributed by atoms with E-state index in [9.17, 15) is 0 Å². The van der Waals surface area contributed by atoms with Crippen molar-refractivity contribution in [2.24, 2.45) is 5.73 Å². The molecule has 3 atom stereocenters. The Balaban J connectivity index is 1.62. The third-order valence-electron chi connectivity index (χ3n) is 4.36. The second-order valence-electron chi connectivity index (χ2n) is 5.77. The molecule has 5 heteroatoms. The van der Waals surface area contributed by atoms with E-state index in [4.69, 9.17) is 33.7 Å². The Labute approximate surface area is 130 Å². The minimum Gasteiger partial charge on any atom is -0.374 e. The molecule has 2 N–H and O–H groups in total. The minimum atomic E-state index is -0.0322. The maximum atomic E-state index is 6.33. The van der Waals surface area contributed by atoms with E-state index in [1.807, 2.05) is 12.1 Å². The summed E-state index contributed by atoms with van der Waals surface area (Å²) < 4.78 is 5.95. The maximum absolute atomic E-state index is 6.33. The van der Waals surface area contributed by atoms with E-state index in [1.54, 1.807) is 6.07 Å². The molecule has 20 heavy (non-hydrogen) atoms. The van der Waals surface area contributed by atoms with Crippen LogP contribution in [0.4, 0.5) is 0 Å². The van der Waals surface area contributed by atoms with E-state index in [2.05, 4.69) is 4.90 Å². The summed E-state index contributed by atoms with van der Waals surface area (Å²) in [5.74, 6) is 0. The van der Waals surface area contributed by atoms with E-state index in [1.165, 1.54) is 19.4 Å². The van der Waals surface area contributed by atoms with E-state index < -0.39 is 0 Å². The third-order valence-corrected chi connectivity index (χ3v) is 4.95. The van der Waals surface area contributed by atoms with Gasteiger partial charge < -0.3 is 10.5 Å². The lowest BCUT2D eigenvalue weighted by atomic mass is 10.00. The van der Waals surface area contributed by atoms with Crippen LogP contribution in [0.1, 0.15) is 18.4 Å². The number of morpholine rings is 1. The van der Waals surface area contributed by atoms with Crippen molar-refractivity contribution in [3.05, 3.63) is 33.8 Å². The van der Waals surface area contributed by atoms with Gasteiger partial charge in [-0.15, -0.1) is 0 Å². The minimum absolute atomic E-state index is 0.0322. The highest BCUT2D eigenvalue weighted by molar-refractivity contribution is 6.35. The van der Waals surface area contributed by atoms with Gasteiger partial charge in [-0.25, -0.2) is 0 Å². The first-order valence-corrected chi connectivity index (χ1v) is 7.94. The number of nitrogens with zero attached hydrogens (tertiary/aromatic N) is 1. The van der Waals surface area contributed by atoms with Crippen LogP contribution in [0, 0.1) is 0 Å². The molecule has 2 aliphatic rings. The fourth-order valence-electron chi connectivity index (χ4n) is 3.17. The number of hydrogen-bond donors (Lipinski definition) is 1. The molecule has 0 saturated carbocycles. The Morgan fingerprint density at radius 3 is 3.05 bits per heavy atom. The molecule has 2 heterocycles. The van der Waals surface area contributed by atoms with Crippen LogP contribution >= 0.6 is 23.2 Å². The zero-order valence-corrected chi connectivity index (χ0v) is 12.9. The van der Waals surface area contributed by atoms with Crippen LogP contribution in [-0.2, 0) is 11.2 Å².